The van der Waals surface area contributed by atoms with Gasteiger partial charge in [0.05, 0.1) is 5.57 Å². The van der Waals surface area contributed by atoms with E-state index in [1.165, 1.54) is 0 Å². The molecule has 0 aliphatic carbocycles. The Bertz CT molecular complexity index is 674. The van der Waals surface area contributed by atoms with Gasteiger partial charge in [0.2, 0.25) is 6.79 Å². The molecule has 0 saturated carbocycles. The average Bonchev–Trinajstić information content (AvgIpc) is 2.93. The molecule has 3 rings (SSSR count). The molecule has 0 aromatic heterocycles. The number of carboxylic acid groups (broad SMARTS) is 1. The van der Waals surface area contributed by atoms with Gasteiger partial charge in [0.25, 0.3) is 0 Å². The van der Waals surface area contributed by atoms with Gasteiger partial charge in [-0.3, -0.25) is 0 Å². The number of aliphatic carboxylic acids is 1. The van der Waals surface area contributed by atoms with Crippen LogP contribution in [-0.4, -0.2) is 17.9 Å². The first-order valence-electron chi connectivity index (χ1n) is 6.14. The summed E-state index contributed by atoms with van der Waals surface area (Å²) in [5, 5.41) is 9.36. The standard InChI is InChI=1S/C16H12O4/c17-16(18)13(12-4-2-1-3-5-12)8-11-6-7-14-15(9-11)20-10-19-14/h1-9H,10H2,(H,17,18)/b13-8-. The zero-order chi connectivity index (χ0) is 13.9. The molecule has 0 amide bonds. The second-order valence-electron chi connectivity index (χ2n) is 4.34. The number of fused-ring (bicyclic) bond motifs is 1. The third kappa shape index (κ3) is 2.36. The molecule has 2 aromatic rings. The lowest BCUT2D eigenvalue weighted by atomic mass is 10.0. The van der Waals surface area contributed by atoms with Crippen molar-refractivity contribution in [1.29, 1.82) is 0 Å². The average molecular weight is 268 g/mol. The van der Waals surface area contributed by atoms with Crippen LogP contribution in [0, 0.1) is 0 Å². The maximum atomic E-state index is 11.4. The first kappa shape index (κ1) is 12.3. The van der Waals surface area contributed by atoms with Crippen LogP contribution >= 0.6 is 0 Å². The van der Waals surface area contributed by atoms with Gasteiger partial charge in [-0.2, -0.15) is 0 Å². The molecular weight excluding hydrogens is 256 g/mol. The van der Waals surface area contributed by atoms with Crippen molar-refractivity contribution < 1.29 is 19.4 Å². The number of carbonyl (C=O) groups is 1. The van der Waals surface area contributed by atoms with E-state index in [9.17, 15) is 9.90 Å². The van der Waals surface area contributed by atoms with E-state index < -0.39 is 5.97 Å². The minimum Gasteiger partial charge on any atom is -0.478 e. The maximum Gasteiger partial charge on any atom is 0.336 e. The van der Waals surface area contributed by atoms with Crippen LogP contribution in [-0.2, 0) is 4.79 Å². The van der Waals surface area contributed by atoms with Gasteiger partial charge >= 0.3 is 5.97 Å². The largest absolute Gasteiger partial charge is 0.478 e. The minimum absolute atomic E-state index is 0.201. The van der Waals surface area contributed by atoms with Gasteiger partial charge < -0.3 is 14.6 Å². The number of carboxylic acids is 1. The first-order chi connectivity index (χ1) is 9.74. The second kappa shape index (κ2) is 5.09. The van der Waals surface area contributed by atoms with Crippen LogP contribution < -0.4 is 9.47 Å². The molecule has 0 radical (unpaired) electrons. The molecule has 1 aliphatic rings. The van der Waals surface area contributed by atoms with E-state index in [1.807, 2.05) is 18.2 Å². The molecule has 0 saturated heterocycles. The third-order valence-electron chi connectivity index (χ3n) is 3.02. The van der Waals surface area contributed by atoms with Crippen LogP contribution in [0.25, 0.3) is 11.6 Å². The van der Waals surface area contributed by atoms with E-state index in [4.69, 9.17) is 9.47 Å². The Hall–Kier alpha value is -2.75. The highest BCUT2D eigenvalue weighted by molar-refractivity contribution is 6.20. The Balaban J connectivity index is 2.01. The van der Waals surface area contributed by atoms with E-state index in [-0.39, 0.29) is 12.4 Å². The fraction of sp³-hybridized carbons (Fsp3) is 0.0625. The lowest BCUT2D eigenvalue weighted by Crippen LogP contribution is -1.99. The number of benzene rings is 2. The smallest absolute Gasteiger partial charge is 0.336 e. The van der Waals surface area contributed by atoms with E-state index in [0.717, 1.165) is 5.56 Å². The van der Waals surface area contributed by atoms with Crippen LogP contribution in [0.4, 0.5) is 0 Å². The van der Waals surface area contributed by atoms with Crippen molar-refractivity contribution in [3.05, 3.63) is 59.7 Å². The normalized spacial score (nSPS) is 13.3. The van der Waals surface area contributed by atoms with Crippen LogP contribution in [0.1, 0.15) is 11.1 Å². The molecule has 0 spiro atoms. The Kier molecular flexibility index (Phi) is 3.13. The SMILES string of the molecule is O=C(O)/C(=C\c1ccc2c(c1)OCO2)c1ccccc1. The predicted molar refractivity (Wildman–Crippen MR) is 74.5 cm³/mol. The molecule has 2 aromatic carbocycles. The molecule has 0 unspecified atom stereocenters. The quantitative estimate of drug-likeness (QED) is 0.686. The number of ether oxygens (including phenoxy) is 2. The summed E-state index contributed by atoms with van der Waals surface area (Å²) in [4.78, 5) is 11.4. The summed E-state index contributed by atoms with van der Waals surface area (Å²) in [7, 11) is 0. The van der Waals surface area contributed by atoms with Crippen molar-refractivity contribution in [2.24, 2.45) is 0 Å². The molecule has 0 atom stereocenters. The maximum absolute atomic E-state index is 11.4. The van der Waals surface area contributed by atoms with E-state index in [2.05, 4.69) is 0 Å². The summed E-state index contributed by atoms with van der Waals surface area (Å²) in [5.41, 5.74) is 1.66. The Morgan fingerprint density at radius 1 is 1.05 bits per heavy atom. The Morgan fingerprint density at radius 2 is 1.80 bits per heavy atom. The van der Waals surface area contributed by atoms with Crippen molar-refractivity contribution in [2.75, 3.05) is 6.79 Å². The third-order valence-corrected chi connectivity index (χ3v) is 3.02. The van der Waals surface area contributed by atoms with Crippen molar-refractivity contribution in [3.8, 4) is 11.5 Å². The molecule has 4 nitrogen and oxygen atoms in total. The van der Waals surface area contributed by atoms with Gasteiger partial charge in [-0.05, 0) is 29.3 Å². The highest BCUT2D eigenvalue weighted by atomic mass is 16.7. The van der Waals surface area contributed by atoms with Crippen LogP contribution in [0.2, 0.25) is 0 Å². The fourth-order valence-corrected chi connectivity index (χ4v) is 2.06. The molecule has 20 heavy (non-hydrogen) atoms. The highest BCUT2D eigenvalue weighted by Gasteiger charge is 2.14. The van der Waals surface area contributed by atoms with E-state index >= 15 is 0 Å². The van der Waals surface area contributed by atoms with Gasteiger partial charge in [-0.25, -0.2) is 4.79 Å². The lowest BCUT2D eigenvalue weighted by Gasteiger charge is -2.03. The first-order valence-corrected chi connectivity index (χ1v) is 6.14. The van der Waals surface area contributed by atoms with Gasteiger partial charge in [0, 0.05) is 0 Å². The summed E-state index contributed by atoms with van der Waals surface area (Å²) >= 11 is 0. The monoisotopic (exact) mass is 268 g/mol. The topological polar surface area (TPSA) is 55.8 Å². The number of rotatable bonds is 3. The summed E-state index contributed by atoms with van der Waals surface area (Å²) in [6, 6.07) is 14.4. The van der Waals surface area contributed by atoms with Crippen LogP contribution in [0.15, 0.2) is 48.5 Å². The number of hydrogen-bond acceptors (Lipinski definition) is 3. The second-order valence-corrected chi connectivity index (χ2v) is 4.34. The molecule has 1 aliphatic heterocycles. The van der Waals surface area contributed by atoms with Crippen LogP contribution in [0.3, 0.4) is 0 Å². The summed E-state index contributed by atoms with van der Waals surface area (Å²) in [6.45, 7) is 0.201. The van der Waals surface area contributed by atoms with Gasteiger partial charge in [-0.15, -0.1) is 0 Å². The zero-order valence-electron chi connectivity index (χ0n) is 10.6. The van der Waals surface area contributed by atoms with E-state index in [0.29, 0.717) is 17.1 Å². The molecular formula is C16H12O4. The van der Waals surface area contributed by atoms with Gasteiger partial charge in [0.15, 0.2) is 11.5 Å². The lowest BCUT2D eigenvalue weighted by molar-refractivity contribution is -0.130. The molecule has 100 valence electrons. The Labute approximate surface area is 115 Å². The van der Waals surface area contributed by atoms with Gasteiger partial charge in [-0.1, -0.05) is 36.4 Å². The van der Waals surface area contributed by atoms with Crippen LogP contribution in [0.5, 0.6) is 11.5 Å². The molecule has 1 N–H and O–H groups in total. The molecule has 0 bridgehead atoms. The summed E-state index contributed by atoms with van der Waals surface area (Å²) in [6.07, 6.45) is 1.62. The summed E-state index contributed by atoms with van der Waals surface area (Å²) in [5.74, 6) is 0.351. The zero-order valence-corrected chi connectivity index (χ0v) is 10.6. The molecule has 1 heterocycles. The Morgan fingerprint density at radius 3 is 2.55 bits per heavy atom. The molecule has 4 heteroatoms. The molecule has 0 fully saturated rings. The number of hydrogen-bond donors (Lipinski definition) is 1. The van der Waals surface area contributed by atoms with Gasteiger partial charge in [0.1, 0.15) is 0 Å². The minimum atomic E-state index is -0.964. The predicted octanol–water partition coefficient (Wildman–Crippen LogP) is 3.04. The van der Waals surface area contributed by atoms with E-state index in [1.54, 1.807) is 36.4 Å². The van der Waals surface area contributed by atoms with Crippen molar-refractivity contribution in [3.63, 3.8) is 0 Å². The van der Waals surface area contributed by atoms with Crippen molar-refractivity contribution in [2.45, 2.75) is 0 Å². The van der Waals surface area contributed by atoms with Crippen molar-refractivity contribution in [1.82, 2.24) is 0 Å². The summed E-state index contributed by atoms with van der Waals surface area (Å²) < 4.78 is 10.5. The highest BCUT2D eigenvalue weighted by Crippen LogP contribution is 2.33. The van der Waals surface area contributed by atoms with Crippen molar-refractivity contribution >= 4 is 17.6 Å². The fourth-order valence-electron chi connectivity index (χ4n) is 2.06.